The molecule has 1 heterocycles. The normalized spacial score (nSPS) is 12.1. The molecule has 1 aromatic heterocycles. The molecule has 0 spiro atoms. The first kappa shape index (κ1) is 22.0. The molecule has 0 aliphatic carbocycles. The summed E-state index contributed by atoms with van der Waals surface area (Å²) in [7, 11) is -1.87. The van der Waals surface area contributed by atoms with Crippen LogP contribution in [0.4, 0.5) is 4.79 Å². The van der Waals surface area contributed by atoms with Crippen LogP contribution in [-0.4, -0.2) is 42.5 Å². The second kappa shape index (κ2) is 7.99. The minimum Gasteiger partial charge on any atom is -0.422 e. The van der Waals surface area contributed by atoms with Crippen LogP contribution in [0.1, 0.15) is 41.5 Å². The first-order valence-corrected chi connectivity index (χ1v) is 12.7. The van der Waals surface area contributed by atoms with Gasteiger partial charge in [0.25, 0.3) is 0 Å². The Hall–Kier alpha value is -2.28. The number of fused-ring (bicyclic) bond motifs is 1. The number of hydrogen-bond donors (Lipinski definition) is 0. The maximum atomic E-state index is 12.4. The Morgan fingerprint density at radius 2 is 1.68 bits per heavy atom. The summed E-state index contributed by atoms with van der Waals surface area (Å²) < 4.78 is 13.4. The SMILES string of the molecule is CCN(CC)C(=O)Oc1ccc2c(ccn2[Si](C)(C)C(C)(C)C)c1OC(C)=O. The monoisotopic (exact) mass is 404 g/mol. The van der Waals surface area contributed by atoms with Crippen LogP contribution in [0.2, 0.25) is 18.1 Å². The lowest BCUT2D eigenvalue weighted by atomic mass is 10.2. The molecule has 0 saturated heterocycles. The lowest BCUT2D eigenvalue weighted by Crippen LogP contribution is -2.44. The fourth-order valence-corrected chi connectivity index (χ4v) is 4.96. The third-order valence-electron chi connectivity index (χ3n) is 5.69. The van der Waals surface area contributed by atoms with Crippen molar-refractivity contribution in [3.05, 3.63) is 24.4 Å². The van der Waals surface area contributed by atoms with Gasteiger partial charge in [-0.15, -0.1) is 0 Å². The Balaban J connectivity index is 2.60. The highest BCUT2D eigenvalue weighted by Gasteiger charge is 2.38. The highest BCUT2D eigenvalue weighted by Crippen LogP contribution is 2.42. The van der Waals surface area contributed by atoms with Crippen LogP contribution in [0.15, 0.2) is 24.4 Å². The summed E-state index contributed by atoms with van der Waals surface area (Å²) >= 11 is 0. The van der Waals surface area contributed by atoms with Gasteiger partial charge in [0.2, 0.25) is 0 Å². The number of benzene rings is 1. The summed E-state index contributed by atoms with van der Waals surface area (Å²) in [5, 5.41) is 0.902. The van der Waals surface area contributed by atoms with E-state index in [4.69, 9.17) is 9.47 Å². The predicted molar refractivity (Wildman–Crippen MR) is 115 cm³/mol. The van der Waals surface area contributed by atoms with Crippen LogP contribution in [-0.2, 0) is 4.79 Å². The molecule has 28 heavy (non-hydrogen) atoms. The third-order valence-corrected chi connectivity index (χ3v) is 11.0. The van der Waals surface area contributed by atoms with Crippen molar-refractivity contribution >= 4 is 31.2 Å². The van der Waals surface area contributed by atoms with Gasteiger partial charge < -0.3 is 18.6 Å². The maximum absolute atomic E-state index is 12.4. The minimum atomic E-state index is -1.87. The van der Waals surface area contributed by atoms with Gasteiger partial charge in [-0.3, -0.25) is 4.79 Å². The number of hydrogen-bond acceptors (Lipinski definition) is 4. The molecule has 2 aromatic rings. The maximum Gasteiger partial charge on any atom is 0.415 e. The molecule has 0 aliphatic heterocycles. The van der Waals surface area contributed by atoms with E-state index in [-0.39, 0.29) is 10.8 Å². The van der Waals surface area contributed by atoms with E-state index in [0.29, 0.717) is 18.8 Å². The molecular weight excluding hydrogens is 372 g/mol. The van der Waals surface area contributed by atoms with Crippen LogP contribution in [0.25, 0.3) is 10.9 Å². The largest absolute Gasteiger partial charge is 0.422 e. The Labute approximate surface area is 168 Å². The van der Waals surface area contributed by atoms with E-state index in [2.05, 4.69) is 38.1 Å². The Morgan fingerprint density at radius 1 is 1.07 bits per heavy atom. The van der Waals surface area contributed by atoms with Crippen molar-refractivity contribution in [2.24, 2.45) is 0 Å². The van der Waals surface area contributed by atoms with Crippen molar-refractivity contribution in [3.8, 4) is 11.5 Å². The molecule has 1 amide bonds. The van der Waals surface area contributed by atoms with Gasteiger partial charge in [-0.25, -0.2) is 4.79 Å². The number of ether oxygens (including phenoxy) is 2. The quantitative estimate of drug-likeness (QED) is 0.387. The van der Waals surface area contributed by atoms with E-state index in [1.54, 1.807) is 11.0 Å². The molecule has 0 bridgehead atoms. The second-order valence-electron chi connectivity index (χ2n) is 8.45. The van der Waals surface area contributed by atoms with Crippen molar-refractivity contribution in [1.29, 1.82) is 0 Å². The first-order chi connectivity index (χ1) is 12.9. The summed E-state index contributed by atoms with van der Waals surface area (Å²) in [5.74, 6) is 0.100. The second-order valence-corrected chi connectivity index (χ2v) is 13.6. The molecule has 0 atom stereocenters. The van der Waals surface area contributed by atoms with Crippen molar-refractivity contribution in [1.82, 2.24) is 9.13 Å². The average molecular weight is 405 g/mol. The van der Waals surface area contributed by atoms with E-state index >= 15 is 0 Å². The topological polar surface area (TPSA) is 60.8 Å². The summed E-state index contributed by atoms with van der Waals surface area (Å²) in [6.07, 6.45) is 1.59. The van der Waals surface area contributed by atoms with Crippen LogP contribution in [0, 0.1) is 0 Å². The molecule has 1 aromatic carbocycles. The van der Waals surface area contributed by atoms with Gasteiger partial charge in [-0.2, -0.15) is 0 Å². The zero-order chi connectivity index (χ0) is 21.3. The Kier molecular flexibility index (Phi) is 6.28. The average Bonchev–Trinajstić information content (AvgIpc) is 3.01. The fourth-order valence-electron chi connectivity index (χ4n) is 2.99. The van der Waals surface area contributed by atoms with Gasteiger partial charge in [0.15, 0.2) is 19.7 Å². The number of carbonyl (C=O) groups is 2. The lowest BCUT2D eigenvalue weighted by molar-refractivity contribution is -0.131. The molecule has 7 heteroatoms. The Bertz CT molecular complexity index is 876. The van der Waals surface area contributed by atoms with E-state index in [1.807, 2.05) is 32.2 Å². The third kappa shape index (κ3) is 4.09. The molecule has 0 aliphatic rings. The number of carbonyl (C=O) groups excluding carboxylic acids is 2. The van der Waals surface area contributed by atoms with Crippen molar-refractivity contribution in [3.63, 3.8) is 0 Å². The lowest BCUT2D eigenvalue weighted by Gasteiger charge is -2.38. The molecule has 2 rings (SSSR count). The summed E-state index contributed by atoms with van der Waals surface area (Å²) in [4.78, 5) is 25.7. The molecule has 0 radical (unpaired) electrons. The highest BCUT2D eigenvalue weighted by atomic mass is 28.3. The predicted octanol–water partition coefficient (Wildman–Crippen LogP) is 5.26. The van der Waals surface area contributed by atoms with Crippen LogP contribution < -0.4 is 9.47 Å². The van der Waals surface area contributed by atoms with Crippen LogP contribution in [0.5, 0.6) is 11.5 Å². The molecule has 0 saturated carbocycles. The van der Waals surface area contributed by atoms with Crippen molar-refractivity contribution in [2.75, 3.05) is 13.1 Å². The Morgan fingerprint density at radius 3 is 2.18 bits per heavy atom. The molecular formula is C21H32N2O4Si. The van der Waals surface area contributed by atoms with E-state index in [0.717, 1.165) is 10.9 Å². The molecule has 6 nitrogen and oxygen atoms in total. The molecule has 0 unspecified atom stereocenters. The van der Waals surface area contributed by atoms with Gasteiger partial charge >= 0.3 is 12.1 Å². The standard InChI is InChI=1S/C21H32N2O4Si/c1-9-22(10-2)20(25)27-18-12-11-17-16(19(18)26-15(3)24)13-14-23(17)28(7,8)21(4,5)6/h11-14H,9-10H2,1-8H3. The van der Waals surface area contributed by atoms with Gasteiger partial charge in [-0.1, -0.05) is 33.9 Å². The van der Waals surface area contributed by atoms with Gasteiger partial charge in [0, 0.05) is 30.9 Å². The van der Waals surface area contributed by atoms with Gasteiger partial charge in [0.05, 0.1) is 0 Å². The number of esters is 1. The van der Waals surface area contributed by atoms with E-state index in [9.17, 15) is 9.59 Å². The number of aromatic nitrogens is 1. The first-order valence-electron chi connectivity index (χ1n) is 9.73. The summed E-state index contributed by atoms with van der Waals surface area (Å²) in [6.45, 7) is 17.6. The van der Waals surface area contributed by atoms with E-state index in [1.165, 1.54) is 6.92 Å². The zero-order valence-corrected chi connectivity index (χ0v) is 19.3. The number of amides is 1. The molecule has 154 valence electrons. The van der Waals surface area contributed by atoms with Crippen LogP contribution >= 0.6 is 0 Å². The number of rotatable bonds is 5. The van der Waals surface area contributed by atoms with Crippen molar-refractivity contribution in [2.45, 2.75) is 59.7 Å². The number of nitrogens with zero attached hydrogens (tertiary/aromatic N) is 2. The van der Waals surface area contributed by atoms with Gasteiger partial charge in [-0.05, 0) is 43.3 Å². The van der Waals surface area contributed by atoms with Gasteiger partial charge in [0.1, 0.15) is 0 Å². The highest BCUT2D eigenvalue weighted by molar-refractivity contribution is 6.79. The zero-order valence-electron chi connectivity index (χ0n) is 18.3. The molecule has 0 N–H and O–H groups in total. The van der Waals surface area contributed by atoms with Crippen molar-refractivity contribution < 1.29 is 19.1 Å². The minimum absolute atomic E-state index is 0.133. The smallest absolute Gasteiger partial charge is 0.415 e. The van der Waals surface area contributed by atoms with E-state index < -0.39 is 20.3 Å². The van der Waals surface area contributed by atoms with Crippen LogP contribution in [0.3, 0.4) is 0 Å². The fraction of sp³-hybridized carbons (Fsp3) is 0.524. The molecule has 0 fully saturated rings. The summed E-state index contributed by atoms with van der Waals surface area (Å²) in [5.41, 5.74) is 0.977. The summed E-state index contributed by atoms with van der Waals surface area (Å²) in [6, 6.07) is 5.59.